The van der Waals surface area contributed by atoms with Crippen LogP contribution in [-0.4, -0.2) is 37.2 Å². The van der Waals surface area contributed by atoms with Gasteiger partial charge in [0, 0.05) is 19.3 Å². The Bertz CT molecular complexity index is 1520. The van der Waals surface area contributed by atoms with Crippen molar-refractivity contribution in [2.45, 2.75) is 297 Å². The zero-order valence-electron chi connectivity index (χ0n) is 49.0. The van der Waals surface area contributed by atoms with Crippen molar-refractivity contribution in [2.75, 3.05) is 13.2 Å². The summed E-state index contributed by atoms with van der Waals surface area (Å²) in [7, 11) is 0. The maximum atomic E-state index is 12.9. The lowest BCUT2D eigenvalue weighted by Gasteiger charge is -2.18. The molecule has 0 aliphatic carbocycles. The first-order chi connectivity index (χ1) is 37.0. The molecular formula is C69H116O6. The zero-order chi connectivity index (χ0) is 54.3. The van der Waals surface area contributed by atoms with Gasteiger partial charge in [-0.3, -0.25) is 14.4 Å². The molecule has 0 bridgehead atoms. The quantitative estimate of drug-likeness (QED) is 0.0261. The van der Waals surface area contributed by atoms with Gasteiger partial charge in [-0.15, -0.1) is 0 Å². The Morgan fingerprint density at radius 1 is 0.280 bits per heavy atom. The number of hydrogen-bond acceptors (Lipinski definition) is 6. The molecule has 0 radical (unpaired) electrons. The van der Waals surface area contributed by atoms with Gasteiger partial charge in [0.05, 0.1) is 0 Å². The van der Waals surface area contributed by atoms with Gasteiger partial charge in [-0.25, -0.2) is 0 Å². The molecule has 0 spiro atoms. The van der Waals surface area contributed by atoms with Crippen molar-refractivity contribution >= 4 is 17.9 Å². The van der Waals surface area contributed by atoms with E-state index in [4.69, 9.17) is 14.2 Å². The van der Waals surface area contributed by atoms with Gasteiger partial charge < -0.3 is 14.2 Å². The summed E-state index contributed by atoms with van der Waals surface area (Å²) in [6, 6.07) is 0. The molecule has 0 rings (SSSR count). The van der Waals surface area contributed by atoms with Gasteiger partial charge in [-0.2, -0.15) is 0 Å². The van der Waals surface area contributed by atoms with E-state index in [-0.39, 0.29) is 31.1 Å². The monoisotopic (exact) mass is 1040 g/mol. The summed E-state index contributed by atoms with van der Waals surface area (Å²) in [4.78, 5) is 38.3. The molecule has 6 heteroatoms. The molecular weight excluding hydrogens is 925 g/mol. The number of allylic oxidation sites excluding steroid dienone is 18. The highest BCUT2D eigenvalue weighted by Crippen LogP contribution is 2.15. The van der Waals surface area contributed by atoms with Crippen LogP contribution in [0, 0.1) is 0 Å². The van der Waals surface area contributed by atoms with Crippen molar-refractivity contribution in [1.82, 2.24) is 0 Å². The van der Waals surface area contributed by atoms with Gasteiger partial charge in [0.2, 0.25) is 0 Å². The Kier molecular flexibility index (Phi) is 59.3. The van der Waals surface area contributed by atoms with Gasteiger partial charge in [0.15, 0.2) is 6.10 Å². The highest BCUT2D eigenvalue weighted by atomic mass is 16.6. The molecule has 0 amide bonds. The first-order valence-electron chi connectivity index (χ1n) is 31.4. The molecule has 0 heterocycles. The molecule has 0 aliphatic heterocycles. The molecule has 1 unspecified atom stereocenters. The first kappa shape index (κ1) is 71.1. The van der Waals surface area contributed by atoms with Crippen LogP contribution in [0.3, 0.4) is 0 Å². The molecule has 6 nitrogen and oxygen atoms in total. The maximum absolute atomic E-state index is 12.9. The number of rotatable bonds is 56. The number of carbonyl (C=O) groups excluding carboxylic acids is 3. The Hall–Kier alpha value is -3.93. The van der Waals surface area contributed by atoms with E-state index in [1.807, 2.05) is 0 Å². The number of unbranched alkanes of at least 4 members (excludes halogenated alkanes) is 27. The number of hydrogen-bond donors (Lipinski definition) is 0. The van der Waals surface area contributed by atoms with E-state index in [9.17, 15) is 14.4 Å². The molecule has 0 aromatic rings. The minimum Gasteiger partial charge on any atom is -0.462 e. The Morgan fingerprint density at radius 3 is 0.813 bits per heavy atom. The van der Waals surface area contributed by atoms with Crippen molar-refractivity contribution in [3.63, 3.8) is 0 Å². The lowest BCUT2D eigenvalue weighted by atomic mass is 10.1. The van der Waals surface area contributed by atoms with Crippen molar-refractivity contribution in [3.05, 3.63) is 109 Å². The largest absolute Gasteiger partial charge is 0.462 e. The lowest BCUT2D eigenvalue weighted by molar-refractivity contribution is -0.167. The Balaban J connectivity index is 4.41. The van der Waals surface area contributed by atoms with E-state index in [1.165, 1.54) is 122 Å². The molecule has 0 N–H and O–H groups in total. The summed E-state index contributed by atoms with van der Waals surface area (Å²) in [5.41, 5.74) is 0. The first-order valence-corrected chi connectivity index (χ1v) is 31.4. The normalized spacial score (nSPS) is 12.8. The highest BCUT2D eigenvalue weighted by Gasteiger charge is 2.19. The zero-order valence-corrected chi connectivity index (χ0v) is 49.0. The van der Waals surface area contributed by atoms with Crippen LogP contribution >= 0.6 is 0 Å². The van der Waals surface area contributed by atoms with E-state index in [2.05, 4.69) is 130 Å². The number of esters is 3. The van der Waals surface area contributed by atoms with Crippen molar-refractivity contribution in [3.8, 4) is 0 Å². The Morgan fingerprint density at radius 2 is 0.520 bits per heavy atom. The summed E-state index contributed by atoms with van der Waals surface area (Å²) in [6.45, 7) is 6.40. The summed E-state index contributed by atoms with van der Waals surface area (Å²) in [5.74, 6) is -0.911. The summed E-state index contributed by atoms with van der Waals surface area (Å²) in [5, 5.41) is 0. The van der Waals surface area contributed by atoms with Crippen LogP contribution in [0.2, 0.25) is 0 Å². The molecule has 1 atom stereocenters. The third kappa shape index (κ3) is 60.8. The van der Waals surface area contributed by atoms with E-state index >= 15 is 0 Å². The highest BCUT2D eigenvalue weighted by molar-refractivity contribution is 5.71. The van der Waals surface area contributed by atoms with Crippen LogP contribution in [0.25, 0.3) is 0 Å². The predicted octanol–water partition coefficient (Wildman–Crippen LogP) is 21.4. The van der Waals surface area contributed by atoms with Gasteiger partial charge in [0.25, 0.3) is 0 Å². The van der Waals surface area contributed by atoms with Gasteiger partial charge in [-0.1, -0.05) is 259 Å². The van der Waals surface area contributed by atoms with Crippen LogP contribution in [0.5, 0.6) is 0 Å². The van der Waals surface area contributed by atoms with Crippen LogP contribution in [0.1, 0.15) is 290 Å². The van der Waals surface area contributed by atoms with E-state index < -0.39 is 6.10 Å². The summed E-state index contributed by atoms with van der Waals surface area (Å²) < 4.78 is 16.9. The molecule has 0 saturated carbocycles. The maximum Gasteiger partial charge on any atom is 0.306 e. The Labute approximate surface area is 463 Å². The fraction of sp³-hybridized carbons (Fsp3) is 0.696. The standard InChI is InChI=1S/C69H116O6/c1-4-7-10-13-16-19-22-25-28-31-32-33-34-35-36-39-41-44-47-50-53-56-59-62-68(71)74-65-66(75-69(72)63-60-57-54-51-48-45-42-38-30-27-24-21-18-15-12-9-6-3)64-73-67(70)61-58-55-52-49-46-43-40-37-29-26-23-20-17-14-11-8-5-2/h8-9,11-12,17-18,20-22,25-27,29-32,34-35,66H,4-7,10,13-16,19,23-24,28,33,36-65H2,1-3H3/b11-8-,12-9-,20-17-,21-18-,25-22-,29-26-,30-27-,32-31-,35-34-. The fourth-order valence-electron chi connectivity index (χ4n) is 8.60. The van der Waals surface area contributed by atoms with E-state index in [1.54, 1.807) is 0 Å². The fourth-order valence-corrected chi connectivity index (χ4v) is 8.60. The van der Waals surface area contributed by atoms with Crippen LogP contribution in [0.4, 0.5) is 0 Å². The molecule has 0 aromatic heterocycles. The third-order valence-corrected chi connectivity index (χ3v) is 13.2. The van der Waals surface area contributed by atoms with Crippen molar-refractivity contribution in [1.29, 1.82) is 0 Å². The SMILES string of the molecule is CC/C=C\C/C=C\C/C=C\CCCCCCCCCC(=O)OCC(COC(=O)CCCCCCCCCC/C=C\C/C=C\C/C=C\CCCCCCC)OC(=O)CCCCCCCCC/C=C\C/C=C\C/C=C\CC. The average molecular weight is 1040 g/mol. The van der Waals surface area contributed by atoms with Crippen LogP contribution in [0.15, 0.2) is 109 Å². The van der Waals surface area contributed by atoms with Crippen LogP contribution in [-0.2, 0) is 28.6 Å². The second kappa shape index (κ2) is 62.6. The molecule has 0 saturated heterocycles. The number of carbonyl (C=O) groups is 3. The summed E-state index contributed by atoms with van der Waals surface area (Å²) in [6.07, 6.45) is 85.1. The summed E-state index contributed by atoms with van der Waals surface area (Å²) >= 11 is 0. The van der Waals surface area contributed by atoms with E-state index in [0.29, 0.717) is 19.3 Å². The minimum atomic E-state index is -0.794. The van der Waals surface area contributed by atoms with Gasteiger partial charge in [0.1, 0.15) is 13.2 Å². The van der Waals surface area contributed by atoms with Gasteiger partial charge in [-0.05, 0) is 122 Å². The second-order valence-electron chi connectivity index (χ2n) is 20.5. The number of ether oxygens (including phenoxy) is 3. The predicted molar refractivity (Wildman–Crippen MR) is 325 cm³/mol. The minimum absolute atomic E-state index is 0.0903. The molecule has 0 aliphatic rings. The lowest BCUT2D eigenvalue weighted by Crippen LogP contribution is -2.30. The topological polar surface area (TPSA) is 78.9 Å². The average Bonchev–Trinajstić information content (AvgIpc) is 3.41. The van der Waals surface area contributed by atoms with Crippen molar-refractivity contribution < 1.29 is 28.6 Å². The second-order valence-corrected chi connectivity index (χ2v) is 20.5. The van der Waals surface area contributed by atoms with Gasteiger partial charge >= 0.3 is 17.9 Å². The molecule has 428 valence electrons. The third-order valence-electron chi connectivity index (χ3n) is 13.2. The van der Waals surface area contributed by atoms with Crippen LogP contribution < -0.4 is 0 Å². The van der Waals surface area contributed by atoms with E-state index in [0.717, 1.165) is 128 Å². The molecule has 0 aromatic carbocycles. The molecule has 75 heavy (non-hydrogen) atoms. The molecule has 0 fully saturated rings. The van der Waals surface area contributed by atoms with Crippen molar-refractivity contribution in [2.24, 2.45) is 0 Å². The smallest absolute Gasteiger partial charge is 0.306 e.